The predicted octanol–water partition coefficient (Wildman–Crippen LogP) is 14.8. The number of hydrogen-bond acceptors (Lipinski definition) is 4. The summed E-state index contributed by atoms with van der Waals surface area (Å²) in [6.45, 7) is 9.25. The van der Waals surface area contributed by atoms with Crippen LogP contribution in [-0.4, -0.2) is 32.6 Å². The molecule has 2 heterocycles. The molecule has 0 saturated heterocycles. The second-order valence-corrected chi connectivity index (χ2v) is 17.8. The third-order valence-corrected chi connectivity index (χ3v) is 12.4. The number of aryl methyl sites for hydroxylation is 2. The molecule has 0 atom stereocenters. The molecule has 0 aliphatic carbocycles. The summed E-state index contributed by atoms with van der Waals surface area (Å²) in [4.78, 5) is 0. The van der Waals surface area contributed by atoms with Crippen LogP contribution in [-0.2, 0) is 6.42 Å². The fraction of sp³-hybridized carbons (Fsp3) is 0.172. The highest BCUT2D eigenvalue weighted by Gasteiger charge is 2.25. The summed E-state index contributed by atoms with van der Waals surface area (Å²) in [5.74, 6) is 1.77. The van der Waals surface area contributed by atoms with Gasteiger partial charge < -0.3 is 28.8 Å². The van der Waals surface area contributed by atoms with Gasteiger partial charge in [0, 0.05) is 49.2 Å². The Balaban J connectivity index is 0.949. The van der Waals surface area contributed by atoms with Gasteiger partial charge in [-0.05, 0) is 91.6 Å². The van der Waals surface area contributed by atoms with E-state index in [9.17, 15) is 10.2 Å². The van der Waals surface area contributed by atoms with E-state index in [1.807, 2.05) is 72.8 Å². The number of aromatic nitrogens is 2. The van der Waals surface area contributed by atoms with Crippen LogP contribution < -0.4 is 9.47 Å². The largest absolute Gasteiger partial charge is 0.505 e. The minimum atomic E-state index is -0.428. The van der Waals surface area contributed by atoms with Crippen molar-refractivity contribution in [3.8, 4) is 56.6 Å². The zero-order valence-corrected chi connectivity index (χ0v) is 36.8. The quantitative estimate of drug-likeness (QED) is 0.121. The molecule has 0 amide bonds. The number of phenolic OH excluding ortho intramolecular Hbond substituents is 2. The van der Waals surface area contributed by atoms with E-state index in [1.165, 1.54) is 0 Å². The summed E-state index contributed by atoms with van der Waals surface area (Å²) in [6, 6.07) is 57.7. The second kappa shape index (κ2) is 16.7. The van der Waals surface area contributed by atoms with Gasteiger partial charge in [0.2, 0.25) is 0 Å². The van der Waals surface area contributed by atoms with Gasteiger partial charge in [0.25, 0.3) is 0 Å². The summed E-state index contributed by atoms with van der Waals surface area (Å²) in [5.41, 5.74) is 10.5. The Bertz CT molecular complexity index is 3250. The van der Waals surface area contributed by atoms with E-state index < -0.39 is 5.41 Å². The molecule has 0 spiro atoms. The van der Waals surface area contributed by atoms with E-state index in [4.69, 9.17) is 9.47 Å². The van der Waals surface area contributed by atoms with Crippen molar-refractivity contribution in [2.24, 2.45) is 5.41 Å². The maximum absolute atomic E-state index is 12.4. The van der Waals surface area contributed by atoms with Crippen LogP contribution in [0.1, 0.15) is 44.7 Å². The molecule has 64 heavy (non-hydrogen) atoms. The van der Waals surface area contributed by atoms with Gasteiger partial charge in [-0.3, -0.25) is 0 Å². The lowest BCUT2D eigenvalue weighted by Gasteiger charge is -2.27. The Morgan fingerprint density at radius 1 is 0.469 bits per heavy atom. The zero-order valence-electron chi connectivity index (χ0n) is 36.8. The average Bonchev–Trinajstić information content (AvgIpc) is 3.84. The van der Waals surface area contributed by atoms with Gasteiger partial charge in [0.15, 0.2) is 0 Å². The number of ether oxygens (including phenoxy) is 2. The van der Waals surface area contributed by atoms with Crippen molar-refractivity contribution in [3.63, 3.8) is 0 Å². The van der Waals surface area contributed by atoms with Crippen molar-refractivity contribution in [1.29, 1.82) is 0 Å². The molecular formula is C58H52N2O4. The number of hydrogen-bond donors (Lipinski definition) is 2. The van der Waals surface area contributed by atoms with Crippen molar-refractivity contribution >= 4 is 43.6 Å². The number of para-hydroxylation sites is 6. The number of nitrogens with zero attached hydrogens (tertiary/aromatic N) is 2. The SMILES string of the molecule is CCCCc1cc(-c2ccccc2OCC(C)(C)COc2ccccc2-c2cc(C)cc(-n3c4ccccc4c4ccccc43)c2O)c(O)c(-n2c3ccccc3c3ccccc32)c1. The number of benzene rings is 8. The molecule has 6 heteroatoms. The first-order valence-corrected chi connectivity index (χ1v) is 22.3. The van der Waals surface area contributed by atoms with Crippen molar-refractivity contribution < 1.29 is 19.7 Å². The van der Waals surface area contributed by atoms with Crippen LogP contribution in [0.2, 0.25) is 0 Å². The van der Waals surface area contributed by atoms with E-state index in [1.54, 1.807) is 0 Å². The summed E-state index contributed by atoms with van der Waals surface area (Å²) >= 11 is 0. The monoisotopic (exact) mass is 840 g/mol. The molecule has 10 aromatic rings. The van der Waals surface area contributed by atoms with Crippen LogP contribution >= 0.6 is 0 Å². The summed E-state index contributed by atoms with van der Waals surface area (Å²) in [5, 5.41) is 29.1. The van der Waals surface area contributed by atoms with Crippen molar-refractivity contribution in [3.05, 3.63) is 181 Å². The fourth-order valence-electron chi connectivity index (χ4n) is 9.30. The van der Waals surface area contributed by atoms with E-state index >= 15 is 0 Å². The molecule has 0 bridgehead atoms. The van der Waals surface area contributed by atoms with Crippen LogP contribution in [0.15, 0.2) is 170 Å². The Morgan fingerprint density at radius 2 is 0.859 bits per heavy atom. The van der Waals surface area contributed by atoms with E-state index in [0.29, 0.717) is 30.3 Å². The van der Waals surface area contributed by atoms with Gasteiger partial charge in [-0.2, -0.15) is 0 Å². The van der Waals surface area contributed by atoms with Gasteiger partial charge in [-0.1, -0.05) is 136 Å². The smallest absolute Gasteiger partial charge is 0.147 e. The minimum Gasteiger partial charge on any atom is -0.505 e. The Hall–Kier alpha value is -7.44. The molecule has 0 aliphatic rings. The molecule has 0 radical (unpaired) electrons. The van der Waals surface area contributed by atoms with Gasteiger partial charge in [0.1, 0.15) is 23.0 Å². The van der Waals surface area contributed by atoms with Gasteiger partial charge in [-0.25, -0.2) is 0 Å². The summed E-state index contributed by atoms with van der Waals surface area (Å²) in [7, 11) is 0. The van der Waals surface area contributed by atoms with Crippen molar-refractivity contribution in [2.75, 3.05) is 13.2 Å². The molecule has 8 aromatic carbocycles. The van der Waals surface area contributed by atoms with Crippen molar-refractivity contribution in [2.45, 2.75) is 47.0 Å². The van der Waals surface area contributed by atoms with Crippen LogP contribution in [0.4, 0.5) is 0 Å². The zero-order chi connectivity index (χ0) is 44.0. The Labute approximate surface area is 374 Å². The number of phenols is 2. The molecule has 0 fully saturated rings. The molecule has 2 aromatic heterocycles. The van der Waals surface area contributed by atoms with Gasteiger partial charge >= 0.3 is 0 Å². The number of rotatable bonds is 13. The third kappa shape index (κ3) is 7.29. The Morgan fingerprint density at radius 3 is 1.31 bits per heavy atom. The van der Waals surface area contributed by atoms with Gasteiger partial charge in [0.05, 0.1) is 46.7 Å². The molecule has 0 saturated carbocycles. The minimum absolute atomic E-state index is 0.190. The summed E-state index contributed by atoms with van der Waals surface area (Å²) < 4.78 is 17.8. The topological polar surface area (TPSA) is 68.8 Å². The second-order valence-electron chi connectivity index (χ2n) is 17.8. The standard InChI is InChI=1S/C58H52N2O4/c1-5-6-19-39-34-47(57(62)53(35-39)60-50-28-15-9-22-42(50)43-23-10-16-29-51(43)60)45-25-12-18-31-55(45)64-37-58(3,4)36-63-54-30-17-11-24-44(54)46-32-38(2)33-52(56(46)61)59-48-26-13-7-20-40(48)41-21-8-14-27-49(41)59/h7-18,20-35,61-62H,5-6,19,36-37H2,1-4H3. The molecule has 2 N–H and O–H groups in total. The third-order valence-electron chi connectivity index (χ3n) is 12.4. The highest BCUT2D eigenvalue weighted by atomic mass is 16.5. The predicted molar refractivity (Wildman–Crippen MR) is 264 cm³/mol. The molecule has 0 unspecified atom stereocenters. The van der Waals surface area contributed by atoms with E-state index in [-0.39, 0.29) is 11.5 Å². The summed E-state index contributed by atoms with van der Waals surface area (Å²) in [6.07, 6.45) is 3.00. The van der Waals surface area contributed by atoms with Crippen molar-refractivity contribution in [1.82, 2.24) is 9.13 Å². The molecular weight excluding hydrogens is 789 g/mol. The number of fused-ring (bicyclic) bond motifs is 6. The maximum Gasteiger partial charge on any atom is 0.147 e. The van der Waals surface area contributed by atoms with Crippen LogP contribution in [0.25, 0.3) is 77.2 Å². The Kier molecular flexibility index (Phi) is 10.6. The van der Waals surface area contributed by atoms with Crippen LogP contribution in [0.5, 0.6) is 23.0 Å². The van der Waals surface area contributed by atoms with E-state index in [0.717, 1.165) is 102 Å². The molecule has 10 rings (SSSR count). The van der Waals surface area contributed by atoms with E-state index in [2.05, 4.69) is 134 Å². The number of aromatic hydroxyl groups is 2. The highest BCUT2D eigenvalue weighted by Crippen LogP contribution is 2.45. The fourth-order valence-corrected chi connectivity index (χ4v) is 9.30. The first-order valence-electron chi connectivity index (χ1n) is 22.3. The molecule has 0 aliphatic heterocycles. The van der Waals surface area contributed by atoms with Crippen LogP contribution in [0, 0.1) is 12.3 Å². The maximum atomic E-state index is 12.4. The normalized spacial score (nSPS) is 11.9. The lowest BCUT2D eigenvalue weighted by Crippen LogP contribution is -2.29. The van der Waals surface area contributed by atoms with Crippen LogP contribution in [0.3, 0.4) is 0 Å². The lowest BCUT2D eigenvalue weighted by molar-refractivity contribution is 0.111. The molecule has 318 valence electrons. The first kappa shape index (κ1) is 40.6. The highest BCUT2D eigenvalue weighted by molar-refractivity contribution is 6.10. The van der Waals surface area contributed by atoms with Gasteiger partial charge in [-0.15, -0.1) is 0 Å². The number of unbranched alkanes of at least 4 members (excludes halogenated alkanes) is 1. The molecule has 6 nitrogen and oxygen atoms in total. The lowest BCUT2D eigenvalue weighted by atomic mass is 9.95. The average molecular weight is 841 g/mol. The first-order chi connectivity index (χ1) is 31.2.